The van der Waals surface area contributed by atoms with E-state index >= 15 is 0 Å². The van der Waals surface area contributed by atoms with Gasteiger partial charge in [0.05, 0.1) is 16.1 Å². The summed E-state index contributed by atoms with van der Waals surface area (Å²) in [5, 5.41) is 17.0. The van der Waals surface area contributed by atoms with E-state index in [0.717, 1.165) is 18.2 Å². The Morgan fingerprint density at radius 3 is 2.60 bits per heavy atom. The molecule has 1 amide bonds. The first-order chi connectivity index (χ1) is 9.08. The minimum atomic E-state index is -4.00. The lowest BCUT2D eigenvalue weighted by Gasteiger charge is -2.41. The van der Waals surface area contributed by atoms with E-state index in [1.54, 1.807) is 6.92 Å². The van der Waals surface area contributed by atoms with Crippen LogP contribution in [0.4, 0.5) is 4.39 Å². The highest BCUT2D eigenvalue weighted by molar-refractivity contribution is 7.89. The van der Waals surface area contributed by atoms with Crippen molar-refractivity contribution in [1.82, 2.24) is 5.32 Å². The van der Waals surface area contributed by atoms with Crippen LogP contribution >= 0.6 is 0 Å². The van der Waals surface area contributed by atoms with Crippen LogP contribution in [0.1, 0.15) is 30.1 Å². The number of carbonyl (C=O) groups is 1. The summed E-state index contributed by atoms with van der Waals surface area (Å²) < 4.78 is 36.0. The summed E-state index contributed by atoms with van der Waals surface area (Å²) in [4.78, 5) is 11.6. The number of halogens is 1. The van der Waals surface area contributed by atoms with E-state index in [4.69, 9.17) is 5.14 Å². The van der Waals surface area contributed by atoms with Crippen LogP contribution in [0.3, 0.4) is 0 Å². The molecular weight excluding hydrogens is 287 g/mol. The maximum absolute atomic E-state index is 13.6. The number of sulfonamides is 1. The third-order valence-electron chi connectivity index (χ3n) is 3.22. The van der Waals surface area contributed by atoms with Crippen LogP contribution in [0.2, 0.25) is 0 Å². The van der Waals surface area contributed by atoms with Gasteiger partial charge in [0, 0.05) is 6.04 Å². The zero-order chi connectivity index (χ0) is 15.1. The summed E-state index contributed by atoms with van der Waals surface area (Å²) in [5.74, 6) is -1.56. The predicted molar refractivity (Wildman–Crippen MR) is 68.9 cm³/mol. The summed E-state index contributed by atoms with van der Waals surface area (Å²) in [6, 6.07) is 2.52. The molecule has 0 atom stereocenters. The molecule has 0 heterocycles. The molecule has 4 N–H and O–H groups in total. The molecule has 0 spiro atoms. The average Bonchev–Trinajstić information content (AvgIpc) is 2.25. The number of nitrogens with two attached hydrogens (primary N) is 1. The molecule has 1 fully saturated rings. The summed E-state index contributed by atoms with van der Waals surface area (Å²) in [6.45, 7) is 1.64. The summed E-state index contributed by atoms with van der Waals surface area (Å²) in [7, 11) is -4.00. The molecule has 0 bridgehead atoms. The molecule has 0 radical (unpaired) electrons. The largest absolute Gasteiger partial charge is 0.390 e. The molecule has 20 heavy (non-hydrogen) atoms. The van der Waals surface area contributed by atoms with E-state index in [1.165, 1.54) is 0 Å². The van der Waals surface area contributed by atoms with Gasteiger partial charge < -0.3 is 10.4 Å². The Morgan fingerprint density at radius 1 is 1.50 bits per heavy atom. The van der Waals surface area contributed by atoms with Crippen molar-refractivity contribution < 1.29 is 22.7 Å². The maximum Gasteiger partial charge on any atom is 0.254 e. The number of rotatable bonds is 3. The van der Waals surface area contributed by atoms with Gasteiger partial charge in [0.15, 0.2) is 0 Å². The lowest BCUT2D eigenvalue weighted by atomic mass is 9.77. The van der Waals surface area contributed by atoms with E-state index in [9.17, 15) is 22.7 Å². The Hall–Kier alpha value is -1.51. The first-order valence-corrected chi connectivity index (χ1v) is 7.49. The van der Waals surface area contributed by atoms with Gasteiger partial charge in [-0.2, -0.15) is 0 Å². The van der Waals surface area contributed by atoms with Crippen molar-refractivity contribution in [3.8, 4) is 0 Å². The molecule has 110 valence electrons. The second kappa shape index (κ2) is 4.80. The second-order valence-electron chi connectivity index (χ2n) is 5.26. The standard InChI is InChI=1S/C12H15FN2O4S/c1-12(17)5-7(6-12)15-11(16)9-4-8(20(14,18)19)2-3-10(9)13/h2-4,7,17H,5-6H2,1H3,(H,15,16)(H2,14,18,19). The average molecular weight is 302 g/mol. The third kappa shape index (κ3) is 3.14. The summed E-state index contributed by atoms with van der Waals surface area (Å²) in [6.07, 6.45) is 0.741. The zero-order valence-corrected chi connectivity index (χ0v) is 11.6. The number of hydrogen-bond acceptors (Lipinski definition) is 4. The molecule has 0 saturated heterocycles. The molecule has 8 heteroatoms. The first kappa shape index (κ1) is 14.9. The smallest absolute Gasteiger partial charge is 0.254 e. The topological polar surface area (TPSA) is 109 Å². The minimum Gasteiger partial charge on any atom is -0.390 e. The van der Waals surface area contributed by atoms with Crippen LogP contribution in [0.15, 0.2) is 23.1 Å². The molecule has 0 aliphatic heterocycles. The molecule has 0 aromatic heterocycles. The van der Waals surface area contributed by atoms with Gasteiger partial charge in [0.2, 0.25) is 10.0 Å². The molecule has 1 aromatic rings. The fourth-order valence-corrected chi connectivity index (χ4v) is 2.76. The Morgan fingerprint density at radius 2 is 2.10 bits per heavy atom. The van der Waals surface area contributed by atoms with E-state index in [0.29, 0.717) is 12.8 Å². The molecule has 0 unspecified atom stereocenters. The molecular formula is C12H15FN2O4S. The lowest BCUT2D eigenvalue weighted by Crippen LogP contribution is -2.53. The molecule has 1 aliphatic carbocycles. The van der Waals surface area contributed by atoms with Crippen molar-refractivity contribution >= 4 is 15.9 Å². The van der Waals surface area contributed by atoms with Gasteiger partial charge in [-0.15, -0.1) is 0 Å². The zero-order valence-electron chi connectivity index (χ0n) is 10.8. The Bertz CT molecular complexity index is 649. The number of aliphatic hydroxyl groups is 1. The monoisotopic (exact) mass is 302 g/mol. The van der Waals surface area contributed by atoms with E-state index < -0.39 is 27.3 Å². The maximum atomic E-state index is 13.6. The fraction of sp³-hybridized carbons (Fsp3) is 0.417. The Balaban J connectivity index is 2.18. The number of benzene rings is 1. The van der Waals surface area contributed by atoms with E-state index in [1.807, 2.05) is 0 Å². The van der Waals surface area contributed by atoms with Gasteiger partial charge in [0.1, 0.15) is 5.82 Å². The highest BCUT2D eigenvalue weighted by Gasteiger charge is 2.39. The van der Waals surface area contributed by atoms with Crippen LogP contribution in [-0.2, 0) is 10.0 Å². The number of carbonyl (C=O) groups excluding carboxylic acids is 1. The quantitative estimate of drug-likeness (QED) is 0.736. The van der Waals surface area contributed by atoms with Crippen molar-refractivity contribution in [2.45, 2.75) is 36.3 Å². The number of primary sulfonamides is 1. The fourth-order valence-electron chi connectivity index (χ4n) is 2.22. The number of nitrogens with one attached hydrogen (secondary N) is 1. The molecule has 6 nitrogen and oxygen atoms in total. The summed E-state index contributed by atoms with van der Waals surface area (Å²) >= 11 is 0. The molecule has 1 aliphatic rings. The van der Waals surface area contributed by atoms with Crippen molar-refractivity contribution in [3.05, 3.63) is 29.6 Å². The van der Waals surface area contributed by atoms with Gasteiger partial charge in [-0.3, -0.25) is 4.79 Å². The third-order valence-corrected chi connectivity index (χ3v) is 4.13. The highest BCUT2D eigenvalue weighted by Crippen LogP contribution is 2.31. The van der Waals surface area contributed by atoms with E-state index in [-0.39, 0.29) is 16.5 Å². The number of hydrogen-bond donors (Lipinski definition) is 3. The Kier molecular flexibility index (Phi) is 3.57. The van der Waals surface area contributed by atoms with Crippen LogP contribution in [-0.4, -0.2) is 31.1 Å². The van der Waals surface area contributed by atoms with Crippen molar-refractivity contribution in [1.29, 1.82) is 0 Å². The Labute approximate surface area is 115 Å². The van der Waals surface area contributed by atoms with Crippen molar-refractivity contribution in [2.24, 2.45) is 5.14 Å². The van der Waals surface area contributed by atoms with Crippen LogP contribution < -0.4 is 10.5 Å². The normalized spacial score (nSPS) is 25.9. The molecule has 1 aromatic carbocycles. The molecule has 1 saturated carbocycles. The van der Waals surface area contributed by atoms with E-state index in [2.05, 4.69) is 5.32 Å². The van der Waals surface area contributed by atoms with Crippen LogP contribution in [0.25, 0.3) is 0 Å². The first-order valence-electron chi connectivity index (χ1n) is 5.94. The van der Waals surface area contributed by atoms with Gasteiger partial charge >= 0.3 is 0 Å². The van der Waals surface area contributed by atoms with Gasteiger partial charge in [-0.05, 0) is 38.0 Å². The number of amides is 1. The molecule has 2 rings (SSSR count). The van der Waals surface area contributed by atoms with Crippen molar-refractivity contribution in [2.75, 3.05) is 0 Å². The van der Waals surface area contributed by atoms with Gasteiger partial charge in [0.25, 0.3) is 5.91 Å². The van der Waals surface area contributed by atoms with Gasteiger partial charge in [-0.25, -0.2) is 17.9 Å². The van der Waals surface area contributed by atoms with Crippen LogP contribution in [0.5, 0.6) is 0 Å². The highest BCUT2D eigenvalue weighted by atomic mass is 32.2. The lowest BCUT2D eigenvalue weighted by molar-refractivity contribution is -0.0367. The SMILES string of the molecule is CC1(O)CC(NC(=O)c2cc(S(N)(=O)=O)ccc2F)C1. The van der Waals surface area contributed by atoms with Crippen LogP contribution in [0, 0.1) is 5.82 Å². The van der Waals surface area contributed by atoms with Gasteiger partial charge in [-0.1, -0.05) is 0 Å². The van der Waals surface area contributed by atoms with Crippen molar-refractivity contribution in [3.63, 3.8) is 0 Å². The summed E-state index contributed by atoms with van der Waals surface area (Å²) in [5.41, 5.74) is -1.21. The second-order valence-corrected chi connectivity index (χ2v) is 6.82. The minimum absolute atomic E-state index is 0.255. The predicted octanol–water partition coefficient (Wildman–Crippen LogP) is 0.116.